The molecular weight excluding hydrogens is 290 g/mol. The third kappa shape index (κ3) is 2.78. The number of carbonyl (C=O) groups is 1. The van der Waals surface area contributed by atoms with Gasteiger partial charge >= 0.3 is 6.03 Å². The highest BCUT2D eigenvalue weighted by Gasteiger charge is 2.21. The van der Waals surface area contributed by atoms with E-state index in [1.165, 1.54) is 18.3 Å². The zero-order valence-corrected chi connectivity index (χ0v) is 12.0. The van der Waals surface area contributed by atoms with Crippen LogP contribution in [0.4, 0.5) is 10.5 Å². The molecule has 1 aromatic carbocycles. The van der Waals surface area contributed by atoms with E-state index in [9.17, 15) is 10.0 Å². The Morgan fingerprint density at radius 1 is 1.29 bits per heavy atom. The molecule has 108 valence electrons. The minimum Gasteiger partial charge on any atom is -0.428 e. The smallest absolute Gasteiger partial charge is 0.348 e. The van der Waals surface area contributed by atoms with Crippen LogP contribution in [0.25, 0.3) is 0 Å². The Balaban J connectivity index is 1.95. The van der Waals surface area contributed by atoms with Crippen LogP contribution in [0.1, 0.15) is 12.0 Å². The lowest BCUT2D eigenvalue weighted by Gasteiger charge is -2.27. The summed E-state index contributed by atoms with van der Waals surface area (Å²) in [5.74, 6) is 0. The molecule has 2 heterocycles. The topological polar surface area (TPSA) is 57.8 Å². The number of carbonyl (C=O) groups excluding carboxylic acids is 1. The quantitative estimate of drug-likeness (QED) is 0.601. The second kappa shape index (κ2) is 5.61. The summed E-state index contributed by atoms with van der Waals surface area (Å²) in [6.07, 6.45) is 3.24. The third-order valence-corrected chi connectivity index (χ3v) is 3.72. The van der Waals surface area contributed by atoms with E-state index < -0.39 is 0 Å². The second-order valence-electron chi connectivity index (χ2n) is 4.83. The highest BCUT2D eigenvalue weighted by molar-refractivity contribution is 6.29. The first-order chi connectivity index (χ1) is 10.1. The minimum absolute atomic E-state index is 0.100. The van der Waals surface area contributed by atoms with E-state index in [-0.39, 0.29) is 11.2 Å². The number of nitrogens with zero attached hydrogens (tertiary/aromatic N) is 3. The van der Waals surface area contributed by atoms with Gasteiger partial charge in [0.1, 0.15) is 5.15 Å². The monoisotopic (exact) mass is 303 g/mol. The third-order valence-electron chi connectivity index (χ3n) is 3.44. The molecule has 21 heavy (non-hydrogen) atoms. The van der Waals surface area contributed by atoms with Crippen molar-refractivity contribution in [1.29, 1.82) is 0 Å². The van der Waals surface area contributed by atoms with Crippen LogP contribution in [0.15, 0.2) is 47.6 Å². The van der Waals surface area contributed by atoms with Gasteiger partial charge in [0.05, 0.1) is 5.36 Å². The molecule has 2 aromatic rings. The van der Waals surface area contributed by atoms with Crippen LogP contribution in [0.5, 0.6) is 0 Å². The molecule has 0 fully saturated rings. The van der Waals surface area contributed by atoms with Crippen molar-refractivity contribution in [3.8, 4) is 0 Å². The van der Waals surface area contributed by atoms with E-state index in [0.717, 1.165) is 28.8 Å². The van der Waals surface area contributed by atoms with Gasteiger partial charge in [-0.05, 0) is 30.5 Å². The van der Waals surface area contributed by atoms with Gasteiger partial charge in [0.2, 0.25) is 0 Å². The zero-order valence-electron chi connectivity index (χ0n) is 11.2. The predicted molar refractivity (Wildman–Crippen MR) is 79.7 cm³/mol. The van der Waals surface area contributed by atoms with Crippen molar-refractivity contribution in [3.63, 3.8) is 0 Å². The van der Waals surface area contributed by atoms with Crippen LogP contribution >= 0.6 is 11.6 Å². The van der Waals surface area contributed by atoms with Crippen LogP contribution in [0.3, 0.4) is 0 Å². The van der Waals surface area contributed by atoms with Gasteiger partial charge in [0.15, 0.2) is 0 Å². The average Bonchev–Trinajstić information content (AvgIpc) is 2.50. The number of pyridine rings is 1. The number of rotatable bonds is 0. The number of aromatic nitrogens is 1. The fourth-order valence-corrected chi connectivity index (χ4v) is 2.60. The van der Waals surface area contributed by atoms with Gasteiger partial charge in [-0.25, -0.2) is 4.79 Å². The number of benzene rings is 1. The summed E-state index contributed by atoms with van der Waals surface area (Å²) in [5.41, 5.74) is 2.07. The predicted octanol–water partition coefficient (Wildman–Crippen LogP) is 2.85. The maximum Gasteiger partial charge on any atom is 0.348 e. The summed E-state index contributed by atoms with van der Waals surface area (Å²) >= 11 is 5.79. The van der Waals surface area contributed by atoms with E-state index in [2.05, 4.69) is 4.99 Å². The van der Waals surface area contributed by atoms with Gasteiger partial charge in [0.25, 0.3) is 0 Å². The normalized spacial score (nSPS) is 14.9. The van der Waals surface area contributed by atoms with Gasteiger partial charge in [-0.15, -0.1) is 0 Å². The fraction of sp³-hybridized carbons (Fsp3) is 0.200. The number of hydrogen-bond acceptors (Lipinski definition) is 2. The van der Waals surface area contributed by atoms with E-state index >= 15 is 0 Å². The summed E-state index contributed by atoms with van der Waals surface area (Å²) in [5, 5.41) is 9.82. The summed E-state index contributed by atoms with van der Waals surface area (Å²) < 4.78 is 0.765. The molecule has 0 aliphatic carbocycles. The number of halogens is 1. The fourth-order valence-electron chi connectivity index (χ4n) is 2.43. The van der Waals surface area contributed by atoms with E-state index in [1.807, 2.05) is 24.3 Å². The number of fused-ring (bicyclic) bond motifs is 1. The number of urea groups is 1. The molecule has 0 bridgehead atoms. The van der Waals surface area contributed by atoms with Gasteiger partial charge in [-0.2, -0.15) is 9.72 Å². The molecule has 5 nitrogen and oxygen atoms in total. The molecule has 0 unspecified atom stereocenters. The average molecular weight is 304 g/mol. The number of aryl methyl sites for hydroxylation is 1. The first-order valence-electron chi connectivity index (χ1n) is 6.67. The summed E-state index contributed by atoms with van der Waals surface area (Å²) in [6, 6.07) is 10.5. The molecular formula is C15H14ClN3O2. The molecule has 1 N–H and O–H groups in total. The van der Waals surface area contributed by atoms with Crippen molar-refractivity contribution in [3.05, 3.63) is 58.7 Å². The van der Waals surface area contributed by atoms with Crippen molar-refractivity contribution >= 4 is 23.3 Å². The molecule has 2 amide bonds. The standard InChI is InChI=1S/C15H14ClN3O2/c16-14-10-12(7-9-19(14)21)17-15(20)18-8-3-5-11-4-1-2-6-13(11)18/h1-2,4,6-7,9-10,21H,3,5,8H2. The van der Waals surface area contributed by atoms with Crippen molar-refractivity contribution in [2.24, 2.45) is 4.99 Å². The number of hydrogen-bond donors (Lipinski definition) is 1. The van der Waals surface area contributed by atoms with E-state index in [0.29, 0.717) is 11.9 Å². The summed E-state index contributed by atoms with van der Waals surface area (Å²) in [4.78, 5) is 18.1. The number of amides is 2. The van der Waals surface area contributed by atoms with Crippen LogP contribution in [0.2, 0.25) is 5.15 Å². The SMILES string of the molecule is O=C(N=c1ccn(O)c(Cl)c1)N1CCCc2ccccc21. The van der Waals surface area contributed by atoms with Crippen LogP contribution in [-0.4, -0.2) is 22.5 Å². The van der Waals surface area contributed by atoms with Crippen molar-refractivity contribution in [2.75, 3.05) is 11.4 Å². The molecule has 1 aromatic heterocycles. The van der Waals surface area contributed by atoms with Crippen LogP contribution in [-0.2, 0) is 6.42 Å². The Morgan fingerprint density at radius 3 is 2.90 bits per heavy atom. The highest BCUT2D eigenvalue weighted by atomic mass is 35.5. The van der Waals surface area contributed by atoms with Crippen LogP contribution in [0, 0.1) is 0 Å². The largest absolute Gasteiger partial charge is 0.428 e. The maximum absolute atomic E-state index is 12.4. The zero-order chi connectivity index (χ0) is 14.8. The molecule has 1 aliphatic heterocycles. The first-order valence-corrected chi connectivity index (χ1v) is 7.04. The Hall–Kier alpha value is -2.27. The van der Waals surface area contributed by atoms with E-state index in [1.54, 1.807) is 4.90 Å². The van der Waals surface area contributed by atoms with Gasteiger partial charge < -0.3 is 5.21 Å². The lowest BCUT2D eigenvalue weighted by Crippen LogP contribution is -2.34. The van der Waals surface area contributed by atoms with Crippen molar-refractivity contribution in [1.82, 2.24) is 4.73 Å². The van der Waals surface area contributed by atoms with E-state index in [4.69, 9.17) is 11.6 Å². The second-order valence-corrected chi connectivity index (χ2v) is 5.22. The van der Waals surface area contributed by atoms with Gasteiger partial charge in [0, 0.05) is 24.5 Å². The Labute approximate surface area is 126 Å². The highest BCUT2D eigenvalue weighted by Crippen LogP contribution is 2.26. The lowest BCUT2D eigenvalue weighted by molar-refractivity contribution is 0.185. The van der Waals surface area contributed by atoms with Crippen LogP contribution < -0.4 is 10.3 Å². The Bertz CT molecular complexity index is 755. The minimum atomic E-state index is -0.325. The molecule has 0 radical (unpaired) electrons. The molecule has 0 spiro atoms. The molecule has 0 saturated carbocycles. The summed E-state index contributed by atoms with van der Waals surface area (Å²) in [7, 11) is 0. The Morgan fingerprint density at radius 2 is 2.10 bits per heavy atom. The molecule has 3 rings (SSSR count). The number of para-hydroxylation sites is 1. The number of anilines is 1. The molecule has 6 heteroatoms. The van der Waals surface area contributed by atoms with Crippen molar-refractivity contribution < 1.29 is 10.0 Å². The Kier molecular flexibility index (Phi) is 3.66. The van der Waals surface area contributed by atoms with Crippen molar-refractivity contribution in [2.45, 2.75) is 12.8 Å². The molecule has 0 atom stereocenters. The van der Waals surface area contributed by atoms with Gasteiger partial charge in [-0.1, -0.05) is 29.8 Å². The molecule has 0 saturated heterocycles. The first kappa shape index (κ1) is 13.7. The summed E-state index contributed by atoms with van der Waals surface area (Å²) in [6.45, 7) is 0.653. The lowest BCUT2D eigenvalue weighted by atomic mass is 10.0. The molecule has 1 aliphatic rings. The van der Waals surface area contributed by atoms with Gasteiger partial charge in [-0.3, -0.25) is 4.90 Å². The maximum atomic E-state index is 12.4.